The fourth-order valence-corrected chi connectivity index (χ4v) is 1.15. The molecule has 1 radical (unpaired) electrons. The van der Waals surface area contributed by atoms with Crippen molar-refractivity contribution in [3.8, 4) is 0 Å². The van der Waals surface area contributed by atoms with Crippen LogP contribution in [0.1, 0.15) is 18.4 Å². The van der Waals surface area contributed by atoms with Crippen molar-refractivity contribution in [2.45, 2.75) is 19.3 Å². The van der Waals surface area contributed by atoms with Crippen LogP contribution in [0.2, 0.25) is 0 Å². The van der Waals surface area contributed by atoms with Crippen LogP contribution in [0.25, 0.3) is 0 Å². The van der Waals surface area contributed by atoms with Gasteiger partial charge in [0.1, 0.15) is 0 Å². The number of thiocarbonyl (C=S) groups is 1. The standard InChI is InChI=1S/C10H11S/c11-9-5-4-8-10-6-2-1-3-7-10/h1-3,6-7H,4-5,8H2. The summed E-state index contributed by atoms with van der Waals surface area (Å²) in [7, 11) is 0. The van der Waals surface area contributed by atoms with E-state index in [4.69, 9.17) is 0 Å². The average molecular weight is 163 g/mol. The van der Waals surface area contributed by atoms with Crippen molar-refractivity contribution in [3.05, 3.63) is 35.9 Å². The summed E-state index contributed by atoms with van der Waals surface area (Å²) < 4.78 is 0. The Morgan fingerprint density at radius 1 is 1.18 bits per heavy atom. The Morgan fingerprint density at radius 3 is 2.55 bits per heavy atom. The average Bonchev–Trinajstić information content (AvgIpc) is 2.07. The van der Waals surface area contributed by atoms with E-state index in [-0.39, 0.29) is 0 Å². The van der Waals surface area contributed by atoms with Gasteiger partial charge in [0.25, 0.3) is 0 Å². The maximum atomic E-state index is 4.62. The van der Waals surface area contributed by atoms with Gasteiger partial charge in [-0.1, -0.05) is 42.5 Å². The van der Waals surface area contributed by atoms with Gasteiger partial charge in [0.15, 0.2) is 0 Å². The Balaban J connectivity index is 2.33. The van der Waals surface area contributed by atoms with Crippen LogP contribution in [0.3, 0.4) is 0 Å². The van der Waals surface area contributed by atoms with Gasteiger partial charge in [0, 0.05) is 5.37 Å². The van der Waals surface area contributed by atoms with Crippen LogP contribution in [0, 0.1) is 0 Å². The summed E-state index contributed by atoms with van der Waals surface area (Å²) in [6.07, 6.45) is 3.15. The van der Waals surface area contributed by atoms with E-state index in [0.29, 0.717) is 0 Å². The van der Waals surface area contributed by atoms with Crippen LogP contribution in [0.5, 0.6) is 0 Å². The molecule has 1 aromatic carbocycles. The largest absolute Gasteiger partial charge is 0.0837 e. The van der Waals surface area contributed by atoms with Crippen molar-refractivity contribution in [1.29, 1.82) is 0 Å². The van der Waals surface area contributed by atoms with Crippen molar-refractivity contribution in [2.24, 2.45) is 0 Å². The van der Waals surface area contributed by atoms with E-state index in [0.717, 1.165) is 19.3 Å². The van der Waals surface area contributed by atoms with Crippen molar-refractivity contribution < 1.29 is 0 Å². The number of benzene rings is 1. The number of hydrogen-bond donors (Lipinski definition) is 0. The van der Waals surface area contributed by atoms with Gasteiger partial charge in [-0.3, -0.25) is 0 Å². The van der Waals surface area contributed by atoms with E-state index >= 15 is 0 Å². The van der Waals surface area contributed by atoms with E-state index in [2.05, 4.69) is 41.9 Å². The molecule has 0 fully saturated rings. The predicted octanol–water partition coefficient (Wildman–Crippen LogP) is 2.89. The first-order valence-electron chi connectivity index (χ1n) is 3.82. The van der Waals surface area contributed by atoms with Gasteiger partial charge in [-0.15, -0.1) is 0 Å². The van der Waals surface area contributed by atoms with Crippen LogP contribution < -0.4 is 0 Å². The maximum absolute atomic E-state index is 4.62. The molecule has 0 bridgehead atoms. The minimum absolute atomic E-state index is 0.921. The molecule has 0 aliphatic heterocycles. The van der Waals surface area contributed by atoms with Gasteiger partial charge in [-0.05, 0) is 24.8 Å². The Labute approximate surface area is 73.2 Å². The topological polar surface area (TPSA) is 0 Å². The second kappa shape index (κ2) is 5.03. The second-order valence-corrected chi connectivity index (χ2v) is 2.77. The molecule has 0 aliphatic carbocycles. The van der Waals surface area contributed by atoms with E-state index in [1.807, 2.05) is 6.07 Å². The lowest BCUT2D eigenvalue weighted by molar-refractivity contribution is 0.879. The molecule has 1 heteroatoms. The summed E-state index contributed by atoms with van der Waals surface area (Å²) in [6.45, 7) is 0. The third-order valence-corrected chi connectivity index (χ3v) is 1.79. The third-order valence-electron chi connectivity index (χ3n) is 1.59. The predicted molar refractivity (Wildman–Crippen MR) is 52.0 cm³/mol. The molecule has 0 amide bonds. The highest BCUT2D eigenvalue weighted by Crippen LogP contribution is 2.02. The van der Waals surface area contributed by atoms with Crippen LogP contribution in [0.4, 0.5) is 0 Å². The molecule has 0 spiro atoms. The number of rotatable bonds is 4. The lowest BCUT2D eigenvalue weighted by Gasteiger charge is -1.96. The van der Waals surface area contributed by atoms with Crippen LogP contribution in [-0.2, 0) is 6.42 Å². The first kappa shape index (κ1) is 8.41. The normalized spacial score (nSPS) is 9.45. The van der Waals surface area contributed by atoms with E-state index in [1.54, 1.807) is 0 Å². The minimum Gasteiger partial charge on any atom is -0.0837 e. The van der Waals surface area contributed by atoms with E-state index < -0.39 is 0 Å². The second-order valence-electron chi connectivity index (χ2n) is 2.48. The third kappa shape index (κ3) is 3.28. The highest BCUT2D eigenvalue weighted by molar-refractivity contribution is 7.78. The first-order chi connectivity index (χ1) is 5.43. The molecule has 0 N–H and O–H groups in total. The smallest absolute Gasteiger partial charge is 0.0291 e. The summed E-state index contributed by atoms with van der Waals surface area (Å²) in [4.78, 5) is 0. The zero-order chi connectivity index (χ0) is 7.94. The molecule has 1 aromatic rings. The number of hydrogen-bond acceptors (Lipinski definition) is 1. The lowest BCUT2D eigenvalue weighted by atomic mass is 10.1. The Hall–Kier alpha value is -0.690. The van der Waals surface area contributed by atoms with Crippen LogP contribution in [-0.4, -0.2) is 5.37 Å². The van der Waals surface area contributed by atoms with Gasteiger partial charge in [0.2, 0.25) is 0 Å². The van der Waals surface area contributed by atoms with Crippen LogP contribution in [0.15, 0.2) is 30.3 Å². The lowest BCUT2D eigenvalue weighted by Crippen LogP contribution is -1.83. The quantitative estimate of drug-likeness (QED) is 0.486. The molecule has 57 valence electrons. The molecular weight excluding hydrogens is 152 g/mol. The first-order valence-corrected chi connectivity index (χ1v) is 4.23. The fourth-order valence-electron chi connectivity index (χ4n) is 1.01. The summed E-state index contributed by atoms with van der Waals surface area (Å²) in [5.41, 5.74) is 1.39. The molecule has 0 aliphatic rings. The Kier molecular flexibility index (Phi) is 3.84. The summed E-state index contributed by atoms with van der Waals surface area (Å²) in [5, 5.41) is 2.72. The molecule has 0 atom stereocenters. The molecule has 0 saturated heterocycles. The summed E-state index contributed by atoms with van der Waals surface area (Å²) >= 11 is 4.62. The fraction of sp³-hybridized carbons (Fsp3) is 0.300. The molecule has 11 heavy (non-hydrogen) atoms. The van der Waals surface area contributed by atoms with E-state index in [1.165, 1.54) is 5.56 Å². The van der Waals surface area contributed by atoms with Crippen molar-refractivity contribution >= 4 is 17.6 Å². The van der Waals surface area contributed by atoms with Gasteiger partial charge in [0.05, 0.1) is 0 Å². The molecule has 1 rings (SSSR count). The molecule has 0 aromatic heterocycles. The number of unbranched alkanes of at least 4 members (excludes halogenated alkanes) is 1. The molecular formula is C10H11S. The molecule has 0 heterocycles. The number of aryl methyl sites for hydroxylation is 1. The molecule has 0 saturated carbocycles. The minimum atomic E-state index is 0.921. The Bertz CT molecular complexity index is 203. The zero-order valence-corrected chi connectivity index (χ0v) is 7.23. The van der Waals surface area contributed by atoms with Gasteiger partial charge in [-0.25, -0.2) is 0 Å². The molecule has 0 nitrogen and oxygen atoms in total. The van der Waals surface area contributed by atoms with Gasteiger partial charge >= 0.3 is 0 Å². The maximum Gasteiger partial charge on any atom is 0.0291 e. The zero-order valence-electron chi connectivity index (χ0n) is 6.42. The van der Waals surface area contributed by atoms with Crippen LogP contribution >= 0.6 is 12.2 Å². The summed E-state index contributed by atoms with van der Waals surface area (Å²) in [6, 6.07) is 10.5. The summed E-state index contributed by atoms with van der Waals surface area (Å²) in [5.74, 6) is 0. The highest BCUT2D eigenvalue weighted by Gasteiger charge is 1.88. The Morgan fingerprint density at radius 2 is 1.91 bits per heavy atom. The highest BCUT2D eigenvalue weighted by atomic mass is 32.1. The van der Waals surface area contributed by atoms with Gasteiger partial charge < -0.3 is 0 Å². The van der Waals surface area contributed by atoms with Crippen molar-refractivity contribution in [2.75, 3.05) is 0 Å². The van der Waals surface area contributed by atoms with E-state index in [9.17, 15) is 0 Å². The van der Waals surface area contributed by atoms with Crippen molar-refractivity contribution in [1.82, 2.24) is 0 Å². The monoisotopic (exact) mass is 163 g/mol. The van der Waals surface area contributed by atoms with Gasteiger partial charge in [-0.2, -0.15) is 0 Å². The SMILES string of the molecule is S=[C]CCCc1ccccc1. The van der Waals surface area contributed by atoms with Crippen molar-refractivity contribution in [3.63, 3.8) is 0 Å². The molecule has 0 unspecified atom stereocenters.